The Morgan fingerprint density at radius 1 is 1.11 bits per heavy atom. The molecule has 1 aliphatic heterocycles. The van der Waals surface area contributed by atoms with Gasteiger partial charge in [0.2, 0.25) is 0 Å². The number of halogens is 1. The molecule has 27 heavy (non-hydrogen) atoms. The summed E-state index contributed by atoms with van der Waals surface area (Å²) in [6.07, 6.45) is 3.35. The van der Waals surface area contributed by atoms with E-state index in [-0.39, 0.29) is 24.4 Å². The summed E-state index contributed by atoms with van der Waals surface area (Å²) in [6, 6.07) is 16.4. The van der Waals surface area contributed by atoms with Crippen LogP contribution in [0.1, 0.15) is 42.0 Å². The predicted octanol–water partition coefficient (Wildman–Crippen LogP) is 3.72. The number of piperidine rings is 1. The highest BCUT2D eigenvalue weighted by Gasteiger charge is 2.43. The number of nitrogens with one attached hydrogen (secondary N) is 2. The number of hydrogen-bond donors (Lipinski definition) is 2. The van der Waals surface area contributed by atoms with E-state index >= 15 is 0 Å². The van der Waals surface area contributed by atoms with Crippen molar-refractivity contribution >= 4 is 18.3 Å². The van der Waals surface area contributed by atoms with Crippen molar-refractivity contribution in [2.24, 2.45) is 0 Å². The minimum atomic E-state index is -0.794. The van der Waals surface area contributed by atoms with Gasteiger partial charge < -0.3 is 15.4 Å². The molecule has 4 nitrogen and oxygen atoms in total. The van der Waals surface area contributed by atoms with Crippen LogP contribution in [0.5, 0.6) is 5.75 Å². The number of benzene rings is 2. The van der Waals surface area contributed by atoms with Crippen molar-refractivity contribution in [3.8, 4) is 5.75 Å². The Labute approximate surface area is 167 Å². The summed E-state index contributed by atoms with van der Waals surface area (Å²) in [5, 5.41) is 6.62. The van der Waals surface area contributed by atoms with Crippen molar-refractivity contribution in [3.05, 3.63) is 65.2 Å². The number of rotatable bonds is 4. The molecule has 1 aliphatic carbocycles. The Morgan fingerprint density at radius 2 is 1.81 bits per heavy atom. The smallest absolute Gasteiger partial charge is 0.264 e. The summed E-state index contributed by atoms with van der Waals surface area (Å²) in [5.74, 6) is 0.778. The molecule has 1 saturated heterocycles. The second kappa shape index (κ2) is 8.32. The fourth-order valence-electron chi connectivity index (χ4n) is 4.03. The minimum absolute atomic E-state index is 0. The van der Waals surface area contributed by atoms with Crippen molar-refractivity contribution in [2.75, 3.05) is 13.1 Å². The van der Waals surface area contributed by atoms with Gasteiger partial charge in [0.1, 0.15) is 5.75 Å². The number of fused-ring (bicyclic) bond motifs is 1. The van der Waals surface area contributed by atoms with Crippen LogP contribution in [0.15, 0.2) is 48.5 Å². The molecule has 0 spiro atoms. The molecule has 1 fully saturated rings. The number of carbonyl (C=O) groups is 1. The second-order valence-electron chi connectivity index (χ2n) is 7.42. The molecule has 0 unspecified atom stereocenters. The SMILES string of the molecule is Cc1ccc(OC2(C(=O)N[C@H]3CCc4ccccc43)CCNCC2)cc1.Cl. The van der Waals surface area contributed by atoms with Gasteiger partial charge in [-0.1, -0.05) is 42.0 Å². The molecule has 144 valence electrons. The Bertz CT molecular complexity index is 785. The lowest BCUT2D eigenvalue weighted by molar-refractivity contribution is -0.140. The number of amides is 1. The first-order valence-corrected chi connectivity index (χ1v) is 9.51. The average Bonchev–Trinajstić information content (AvgIpc) is 3.07. The Morgan fingerprint density at radius 3 is 2.56 bits per heavy atom. The maximum absolute atomic E-state index is 13.3. The van der Waals surface area contributed by atoms with Crippen molar-refractivity contribution in [2.45, 2.75) is 44.2 Å². The van der Waals surface area contributed by atoms with E-state index in [1.807, 2.05) is 37.3 Å². The highest BCUT2D eigenvalue weighted by atomic mass is 35.5. The normalized spacial score (nSPS) is 20.3. The molecule has 1 atom stereocenters. The molecule has 2 N–H and O–H groups in total. The Balaban J connectivity index is 0.00000210. The van der Waals surface area contributed by atoms with E-state index in [4.69, 9.17) is 4.74 Å². The van der Waals surface area contributed by atoms with Crippen LogP contribution in [-0.4, -0.2) is 24.6 Å². The van der Waals surface area contributed by atoms with Crippen LogP contribution in [0.25, 0.3) is 0 Å². The van der Waals surface area contributed by atoms with Gasteiger partial charge in [-0.3, -0.25) is 4.79 Å². The summed E-state index contributed by atoms with van der Waals surface area (Å²) in [5.41, 5.74) is 2.98. The van der Waals surface area contributed by atoms with Gasteiger partial charge in [0, 0.05) is 12.8 Å². The molecular weight excluding hydrogens is 360 g/mol. The maximum atomic E-state index is 13.3. The van der Waals surface area contributed by atoms with Crippen LogP contribution < -0.4 is 15.4 Å². The number of hydrogen-bond acceptors (Lipinski definition) is 3. The molecule has 0 bridgehead atoms. The van der Waals surface area contributed by atoms with E-state index in [0.717, 1.165) is 31.7 Å². The van der Waals surface area contributed by atoms with Gasteiger partial charge in [-0.15, -0.1) is 12.4 Å². The minimum Gasteiger partial charge on any atom is -0.477 e. The highest BCUT2D eigenvalue weighted by Crippen LogP contribution is 2.33. The molecule has 1 amide bonds. The fraction of sp³-hybridized carbons (Fsp3) is 0.409. The molecule has 5 heteroatoms. The van der Waals surface area contributed by atoms with E-state index in [1.165, 1.54) is 16.7 Å². The molecular formula is C22H27ClN2O2. The van der Waals surface area contributed by atoms with E-state index in [0.29, 0.717) is 12.8 Å². The third kappa shape index (κ3) is 4.12. The van der Waals surface area contributed by atoms with Crippen LogP contribution in [0.3, 0.4) is 0 Å². The van der Waals surface area contributed by atoms with E-state index in [9.17, 15) is 4.79 Å². The van der Waals surface area contributed by atoms with Crippen molar-refractivity contribution in [3.63, 3.8) is 0 Å². The lowest BCUT2D eigenvalue weighted by atomic mass is 9.90. The third-order valence-corrected chi connectivity index (χ3v) is 5.60. The molecule has 2 aromatic rings. The second-order valence-corrected chi connectivity index (χ2v) is 7.42. The van der Waals surface area contributed by atoms with Crippen LogP contribution in [0.2, 0.25) is 0 Å². The molecule has 4 rings (SSSR count). The van der Waals surface area contributed by atoms with Crippen LogP contribution in [0, 0.1) is 6.92 Å². The van der Waals surface area contributed by atoms with Crippen LogP contribution in [-0.2, 0) is 11.2 Å². The maximum Gasteiger partial charge on any atom is 0.264 e. The molecule has 0 radical (unpaired) electrons. The zero-order valence-electron chi connectivity index (χ0n) is 15.7. The van der Waals surface area contributed by atoms with Gasteiger partial charge in [-0.2, -0.15) is 0 Å². The summed E-state index contributed by atoms with van der Waals surface area (Å²) in [7, 11) is 0. The third-order valence-electron chi connectivity index (χ3n) is 5.60. The van der Waals surface area contributed by atoms with Gasteiger partial charge in [-0.05, 0) is 56.1 Å². The number of ether oxygens (including phenoxy) is 1. The van der Waals surface area contributed by atoms with Gasteiger partial charge >= 0.3 is 0 Å². The van der Waals surface area contributed by atoms with Crippen LogP contribution in [0.4, 0.5) is 0 Å². The largest absolute Gasteiger partial charge is 0.477 e. The first-order valence-electron chi connectivity index (χ1n) is 9.51. The summed E-state index contributed by atoms with van der Waals surface area (Å²) in [6.45, 7) is 3.63. The first kappa shape index (κ1) is 19.7. The Hall–Kier alpha value is -2.04. The van der Waals surface area contributed by atoms with Gasteiger partial charge in [0.25, 0.3) is 5.91 Å². The zero-order chi connectivity index (χ0) is 18.0. The lowest BCUT2D eigenvalue weighted by Gasteiger charge is -2.37. The van der Waals surface area contributed by atoms with E-state index in [1.54, 1.807) is 0 Å². The Kier molecular flexibility index (Phi) is 6.08. The topological polar surface area (TPSA) is 50.4 Å². The zero-order valence-corrected chi connectivity index (χ0v) is 16.5. The fourth-order valence-corrected chi connectivity index (χ4v) is 4.03. The van der Waals surface area contributed by atoms with Gasteiger partial charge in [0.05, 0.1) is 6.04 Å². The van der Waals surface area contributed by atoms with Crippen molar-refractivity contribution in [1.82, 2.24) is 10.6 Å². The quantitative estimate of drug-likeness (QED) is 0.841. The van der Waals surface area contributed by atoms with E-state index < -0.39 is 5.60 Å². The van der Waals surface area contributed by atoms with Crippen molar-refractivity contribution in [1.29, 1.82) is 0 Å². The summed E-state index contributed by atoms with van der Waals surface area (Å²) >= 11 is 0. The summed E-state index contributed by atoms with van der Waals surface area (Å²) < 4.78 is 6.31. The van der Waals surface area contributed by atoms with E-state index in [2.05, 4.69) is 28.8 Å². The number of carbonyl (C=O) groups excluding carboxylic acids is 1. The van der Waals surface area contributed by atoms with Crippen LogP contribution >= 0.6 is 12.4 Å². The summed E-state index contributed by atoms with van der Waals surface area (Å²) in [4.78, 5) is 13.3. The average molecular weight is 387 g/mol. The predicted molar refractivity (Wildman–Crippen MR) is 110 cm³/mol. The first-order chi connectivity index (χ1) is 12.7. The molecule has 0 aromatic heterocycles. The standard InChI is InChI=1S/C22H26N2O2.ClH/c1-16-6-9-18(10-7-16)26-22(12-14-23-15-13-22)21(25)24-20-11-8-17-4-2-3-5-19(17)20;/h2-7,9-10,20,23H,8,11-15H2,1H3,(H,24,25);1H/t20-;/m0./s1. The monoisotopic (exact) mass is 386 g/mol. The van der Waals surface area contributed by atoms with Crippen molar-refractivity contribution < 1.29 is 9.53 Å². The molecule has 2 aliphatic rings. The highest BCUT2D eigenvalue weighted by molar-refractivity contribution is 5.86. The number of aryl methyl sites for hydroxylation is 2. The molecule has 0 saturated carbocycles. The molecule has 1 heterocycles. The van der Waals surface area contributed by atoms with Gasteiger partial charge in [-0.25, -0.2) is 0 Å². The molecule has 2 aromatic carbocycles. The van der Waals surface area contributed by atoms with Gasteiger partial charge in [0.15, 0.2) is 5.60 Å². The lowest BCUT2D eigenvalue weighted by Crippen LogP contribution is -2.57.